The maximum absolute atomic E-state index is 5.56. The van der Waals surface area contributed by atoms with Crippen molar-refractivity contribution in [2.24, 2.45) is 5.92 Å². The van der Waals surface area contributed by atoms with Crippen LogP contribution in [0.5, 0.6) is 5.75 Å². The Morgan fingerprint density at radius 1 is 1.14 bits per heavy atom. The summed E-state index contributed by atoms with van der Waals surface area (Å²) in [5.41, 5.74) is 1.46. The molecular formula is C17H28Cl2N2O. The second-order valence-corrected chi connectivity index (χ2v) is 5.98. The average molecular weight is 347 g/mol. The van der Waals surface area contributed by atoms with Crippen molar-refractivity contribution in [2.75, 3.05) is 32.8 Å². The third-order valence-electron chi connectivity index (χ3n) is 4.42. The van der Waals surface area contributed by atoms with Gasteiger partial charge in [0.2, 0.25) is 0 Å². The Morgan fingerprint density at radius 3 is 2.32 bits per heavy atom. The Balaban J connectivity index is 0.00000121. The molecule has 1 aromatic rings. The lowest BCUT2D eigenvalue weighted by Gasteiger charge is -2.35. The first kappa shape index (κ1) is 19.6. The van der Waals surface area contributed by atoms with E-state index in [0.717, 1.165) is 31.4 Å². The van der Waals surface area contributed by atoms with Gasteiger partial charge in [-0.3, -0.25) is 4.90 Å². The largest absolute Gasteiger partial charge is 0.494 e. The molecule has 3 rings (SSSR count). The van der Waals surface area contributed by atoms with Crippen LogP contribution in [0.4, 0.5) is 0 Å². The molecular weight excluding hydrogens is 319 g/mol. The maximum atomic E-state index is 5.56. The standard InChI is InChI=1S/C17H26N2O.2ClH/c1-2-20-16-7-5-15(6-8-16)17(13-14-3-4-14)19-11-9-18-10-12-19;;/h5-8,14,17-18H,2-4,9-13H2,1H3;2*1H/t17-;;/m0../s1. The van der Waals surface area contributed by atoms with E-state index in [1.807, 2.05) is 6.92 Å². The van der Waals surface area contributed by atoms with Crippen molar-refractivity contribution in [2.45, 2.75) is 32.2 Å². The molecule has 22 heavy (non-hydrogen) atoms. The molecule has 1 saturated heterocycles. The van der Waals surface area contributed by atoms with Gasteiger partial charge in [-0.1, -0.05) is 25.0 Å². The highest BCUT2D eigenvalue weighted by atomic mass is 35.5. The van der Waals surface area contributed by atoms with Crippen molar-refractivity contribution < 1.29 is 4.74 Å². The molecule has 0 aromatic heterocycles. The first-order chi connectivity index (χ1) is 9.86. The molecule has 1 N–H and O–H groups in total. The number of nitrogens with zero attached hydrogens (tertiary/aromatic N) is 1. The third kappa shape index (κ3) is 5.31. The van der Waals surface area contributed by atoms with Crippen LogP contribution in [0.15, 0.2) is 24.3 Å². The van der Waals surface area contributed by atoms with Crippen molar-refractivity contribution in [3.63, 3.8) is 0 Å². The van der Waals surface area contributed by atoms with Crippen molar-refractivity contribution in [3.8, 4) is 5.75 Å². The van der Waals surface area contributed by atoms with Crippen molar-refractivity contribution in [1.82, 2.24) is 10.2 Å². The van der Waals surface area contributed by atoms with Crippen LogP contribution in [-0.2, 0) is 0 Å². The van der Waals surface area contributed by atoms with E-state index in [2.05, 4.69) is 34.5 Å². The quantitative estimate of drug-likeness (QED) is 0.850. The SMILES string of the molecule is CCOc1ccc([C@H](CC2CC2)N2CCNCC2)cc1.Cl.Cl. The minimum Gasteiger partial charge on any atom is -0.494 e. The lowest BCUT2D eigenvalue weighted by atomic mass is 9.98. The molecule has 1 aliphatic carbocycles. The number of rotatable bonds is 6. The van der Waals surface area contributed by atoms with Gasteiger partial charge in [0, 0.05) is 32.2 Å². The van der Waals surface area contributed by atoms with Crippen molar-refractivity contribution >= 4 is 24.8 Å². The zero-order valence-electron chi connectivity index (χ0n) is 13.3. The van der Waals surface area contributed by atoms with E-state index in [9.17, 15) is 0 Å². The van der Waals surface area contributed by atoms with Gasteiger partial charge in [-0.2, -0.15) is 0 Å². The summed E-state index contributed by atoms with van der Waals surface area (Å²) in [6.07, 6.45) is 4.19. The molecule has 2 fully saturated rings. The fourth-order valence-electron chi connectivity index (χ4n) is 3.11. The fraction of sp³-hybridized carbons (Fsp3) is 0.647. The highest BCUT2D eigenvalue weighted by Gasteiger charge is 2.30. The Labute approximate surface area is 146 Å². The van der Waals surface area contributed by atoms with E-state index in [0.29, 0.717) is 6.04 Å². The summed E-state index contributed by atoms with van der Waals surface area (Å²) in [6.45, 7) is 7.36. The molecule has 2 aliphatic rings. The van der Waals surface area contributed by atoms with E-state index in [1.54, 1.807) is 0 Å². The Kier molecular flexibility index (Phi) is 8.55. The van der Waals surface area contributed by atoms with Crippen LogP contribution in [-0.4, -0.2) is 37.7 Å². The van der Waals surface area contributed by atoms with Crippen LogP contribution in [0, 0.1) is 5.92 Å². The number of benzene rings is 1. The molecule has 1 heterocycles. The highest BCUT2D eigenvalue weighted by Crippen LogP contribution is 2.40. The predicted molar refractivity (Wildman–Crippen MR) is 96.6 cm³/mol. The zero-order valence-corrected chi connectivity index (χ0v) is 14.9. The van der Waals surface area contributed by atoms with Gasteiger partial charge in [0.1, 0.15) is 5.75 Å². The average Bonchev–Trinajstić information content (AvgIpc) is 3.31. The van der Waals surface area contributed by atoms with E-state index >= 15 is 0 Å². The Bertz CT molecular complexity index is 417. The van der Waals surface area contributed by atoms with Gasteiger partial charge in [0.05, 0.1) is 6.61 Å². The van der Waals surface area contributed by atoms with Gasteiger partial charge >= 0.3 is 0 Å². The normalized spacial score (nSPS) is 19.7. The monoisotopic (exact) mass is 346 g/mol. The number of nitrogens with one attached hydrogen (secondary N) is 1. The zero-order chi connectivity index (χ0) is 13.8. The second-order valence-electron chi connectivity index (χ2n) is 5.98. The molecule has 1 saturated carbocycles. The van der Waals surface area contributed by atoms with Crippen LogP contribution in [0.25, 0.3) is 0 Å². The smallest absolute Gasteiger partial charge is 0.119 e. The molecule has 0 amide bonds. The molecule has 0 radical (unpaired) electrons. The fourth-order valence-corrected chi connectivity index (χ4v) is 3.11. The summed E-state index contributed by atoms with van der Waals surface area (Å²) in [5.74, 6) is 1.95. The van der Waals surface area contributed by atoms with Crippen molar-refractivity contribution in [1.29, 1.82) is 0 Å². The van der Waals surface area contributed by atoms with E-state index in [-0.39, 0.29) is 24.8 Å². The van der Waals surface area contributed by atoms with Crippen LogP contribution in [0.3, 0.4) is 0 Å². The van der Waals surface area contributed by atoms with E-state index < -0.39 is 0 Å². The number of piperazine rings is 1. The van der Waals surface area contributed by atoms with Gasteiger partial charge in [-0.25, -0.2) is 0 Å². The molecule has 0 spiro atoms. The second kappa shape index (κ2) is 9.61. The maximum Gasteiger partial charge on any atom is 0.119 e. The van der Waals surface area contributed by atoms with Gasteiger partial charge in [0.25, 0.3) is 0 Å². The molecule has 5 heteroatoms. The predicted octanol–water partition coefficient (Wildman–Crippen LogP) is 3.68. The van der Waals surface area contributed by atoms with Gasteiger partial charge in [-0.15, -0.1) is 24.8 Å². The number of ether oxygens (including phenoxy) is 1. The van der Waals surface area contributed by atoms with Crippen LogP contribution < -0.4 is 10.1 Å². The molecule has 3 nitrogen and oxygen atoms in total. The minimum atomic E-state index is 0. The van der Waals surface area contributed by atoms with Crippen LogP contribution >= 0.6 is 24.8 Å². The summed E-state index contributed by atoms with van der Waals surface area (Å²) in [4.78, 5) is 2.66. The Morgan fingerprint density at radius 2 is 1.77 bits per heavy atom. The number of hydrogen-bond acceptors (Lipinski definition) is 3. The summed E-state index contributed by atoms with van der Waals surface area (Å²) >= 11 is 0. The topological polar surface area (TPSA) is 24.5 Å². The van der Waals surface area contributed by atoms with Gasteiger partial charge in [0.15, 0.2) is 0 Å². The lowest BCUT2D eigenvalue weighted by molar-refractivity contribution is 0.160. The molecule has 0 unspecified atom stereocenters. The molecule has 1 atom stereocenters. The minimum absolute atomic E-state index is 0. The number of hydrogen-bond donors (Lipinski definition) is 1. The summed E-state index contributed by atoms with van der Waals surface area (Å²) in [5, 5.41) is 3.45. The molecule has 1 aliphatic heterocycles. The lowest BCUT2D eigenvalue weighted by Crippen LogP contribution is -2.45. The third-order valence-corrected chi connectivity index (χ3v) is 4.42. The molecule has 1 aromatic carbocycles. The summed E-state index contributed by atoms with van der Waals surface area (Å²) < 4.78 is 5.56. The molecule has 0 bridgehead atoms. The first-order valence-corrected chi connectivity index (χ1v) is 8.04. The summed E-state index contributed by atoms with van der Waals surface area (Å²) in [7, 11) is 0. The first-order valence-electron chi connectivity index (χ1n) is 8.04. The van der Waals surface area contributed by atoms with Gasteiger partial charge < -0.3 is 10.1 Å². The van der Waals surface area contributed by atoms with Gasteiger partial charge in [-0.05, 0) is 37.0 Å². The summed E-state index contributed by atoms with van der Waals surface area (Å²) in [6, 6.07) is 9.38. The number of halogens is 2. The Hall–Kier alpha value is -0.480. The van der Waals surface area contributed by atoms with Crippen molar-refractivity contribution in [3.05, 3.63) is 29.8 Å². The van der Waals surface area contributed by atoms with E-state index in [1.165, 1.54) is 37.9 Å². The van der Waals surface area contributed by atoms with Crippen LogP contribution in [0.2, 0.25) is 0 Å². The highest BCUT2D eigenvalue weighted by molar-refractivity contribution is 5.85. The molecule has 126 valence electrons. The van der Waals surface area contributed by atoms with Crippen LogP contribution in [0.1, 0.15) is 37.8 Å². The van der Waals surface area contributed by atoms with E-state index in [4.69, 9.17) is 4.74 Å².